The van der Waals surface area contributed by atoms with Crippen LogP contribution in [0.1, 0.15) is 30.7 Å². The highest BCUT2D eigenvalue weighted by Gasteiger charge is 2.18. The van der Waals surface area contributed by atoms with Crippen LogP contribution in [-0.2, 0) is 6.54 Å². The second-order valence-electron chi connectivity index (χ2n) is 5.49. The highest BCUT2D eigenvalue weighted by Crippen LogP contribution is 2.22. The summed E-state index contributed by atoms with van der Waals surface area (Å²) >= 11 is 1.74. The van der Waals surface area contributed by atoms with E-state index >= 15 is 0 Å². The van der Waals surface area contributed by atoms with Crippen molar-refractivity contribution in [2.45, 2.75) is 44.3 Å². The average molecular weight is 287 g/mol. The molecule has 20 heavy (non-hydrogen) atoms. The first kappa shape index (κ1) is 13.7. The molecule has 0 bridgehead atoms. The molecule has 0 unspecified atom stereocenters. The molecule has 0 amide bonds. The largest absolute Gasteiger partial charge is 0.328 e. The van der Waals surface area contributed by atoms with Crippen LogP contribution in [0.25, 0.3) is 11.3 Å². The van der Waals surface area contributed by atoms with Crippen LogP contribution in [-0.4, -0.2) is 17.1 Å². The van der Waals surface area contributed by atoms with E-state index in [1.807, 2.05) is 6.07 Å². The minimum atomic E-state index is 0.414. The van der Waals surface area contributed by atoms with Crippen LogP contribution in [0.5, 0.6) is 0 Å². The predicted octanol–water partition coefficient (Wildman–Crippen LogP) is 3.17. The second-order valence-corrected chi connectivity index (χ2v) is 6.43. The van der Waals surface area contributed by atoms with Crippen molar-refractivity contribution >= 4 is 11.3 Å². The van der Waals surface area contributed by atoms with Crippen molar-refractivity contribution in [2.75, 3.05) is 0 Å². The lowest BCUT2D eigenvalue weighted by atomic mass is 9.92. The summed E-state index contributed by atoms with van der Waals surface area (Å²) in [4.78, 5) is 4.71. The maximum atomic E-state index is 5.93. The van der Waals surface area contributed by atoms with Gasteiger partial charge in [0.1, 0.15) is 5.01 Å². The first-order valence-electron chi connectivity index (χ1n) is 7.30. The van der Waals surface area contributed by atoms with E-state index in [0.717, 1.165) is 25.1 Å². The quantitative estimate of drug-likeness (QED) is 0.908. The zero-order valence-electron chi connectivity index (χ0n) is 11.6. The van der Waals surface area contributed by atoms with Crippen molar-refractivity contribution in [2.24, 2.45) is 5.73 Å². The van der Waals surface area contributed by atoms with Crippen LogP contribution in [0.2, 0.25) is 0 Å². The molecule has 0 radical (unpaired) electrons. The molecule has 3 N–H and O–H groups in total. The van der Waals surface area contributed by atoms with E-state index in [2.05, 4.69) is 35.0 Å². The van der Waals surface area contributed by atoms with Gasteiger partial charge < -0.3 is 11.1 Å². The van der Waals surface area contributed by atoms with Gasteiger partial charge in [-0.1, -0.05) is 30.3 Å². The zero-order chi connectivity index (χ0) is 13.8. The number of nitrogens with one attached hydrogen (secondary N) is 1. The highest BCUT2D eigenvalue weighted by molar-refractivity contribution is 7.09. The first-order chi connectivity index (χ1) is 9.81. The fraction of sp³-hybridized carbons (Fsp3) is 0.438. The number of hydrogen-bond acceptors (Lipinski definition) is 4. The molecule has 1 saturated carbocycles. The number of aromatic nitrogens is 1. The summed E-state index contributed by atoms with van der Waals surface area (Å²) < 4.78 is 0. The van der Waals surface area contributed by atoms with Crippen molar-refractivity contribution in [3.8, 4) is 11.3 Å². The third-order valence-electron chi connectivity index (χ3n) is 3.94. The van der Waals surface area contributed by atoms with Crippen LogP contribution in [0, 0.1) is 0 Å². The Morgan fingerprint density at radius 2 is 1.90 bits per heavy atom. The third-order valence-corrected chi connectivity index (χ3v) is 4.78. The second kappa shape index (κ2) is 6.48. The molecule has 2 aromatic rings. The fourth-order valence-corrected chi connectivity index (χ4v) is 3.44. The Labute approximate surface area is 124 Å². The van der Waals surface area contributed by atoms with Crippen LogP contribution in [0.4, 0.5) is 0 Å². The topological polar surface area (TPSA) is 50.9 Å². The monoisotopic (exact) mass is 287 g/mol. The number of benzene rings is 1. The van der Waals surface area contributed by atoms with Gasteiger partial charge in [0.25, 0.3) is 0 Å². The minimum Gasteiger partial charge on any atom is -0.328 e. The molecule has 0 spiro atoms. The maximum Gasteiger partial charge on any atom is 0.107 e. The van der Waals surface area contributed by atoms with Crippen molar-refractivity contribution in [3.63, 3.8) is 0 Å². The van der Waals surface area contributed by atoms with Gasteiger partial charge in [-0.15, -0.1) is 11.3 Å². The number of thiazole rings is 1. The highest BCUT2D eigenvalue weighted by atomic mass is 32.1. The van der Waals surface area contributed by atoms with E-state index in [9.17, 15) is 0 Å². The molecule has 0 atom stereocenters. The maximum absolute atomic E-state index is 5.93. The smallest absolute Gasteiger partial charge is 0.107 e. The molecule has 0 saturated heterocycles. The Morgan fingerprint density at radius 1 is 1.15 bits per heavy atom. The zero-order valence-corrected chi connectivity index (χ0v) is 12.4. The lowest BCUT2D eigenvalue weighted by Gasteiger charge is -2.26. The van der Waals surface area contributed by atoms with Crippen LogP contribution >= 0.6 is 11.3 Å². The van der Waals surface area contributed by atoms with E-state index < -0.39 is 0 Å². The van der Waals surface area contributed by atoms with E-state index in [4.69, 9.17) is 10.7 Å². The van der Waals surface area contributed by atoms with Crippen molar-refractivity contribution in [3.05, 3.63) is 40.7 Å². The van der Waals surface area contributed by atoms with Gasteiger partial charge >= 0.3 is 0 Å². The fourth-order valence-electron chi connectivity index (χ4n) is 2.69. The van der Waals surface area contributed by atoms with Gasteiger partial charge in [-0.3, -0.25) is 0 Å². The normalized spacial score (nSPS) is 22.9. The Kier molecular flexibility index (Phi) is 4.45. The summed E-state index contributed by atoms with van der Waals surface area (Å²) in [6, 6.07) is 11.4. The Morgan fingerprint density at radius 3 is 2.65 bits per heavy atom. The van der Waals surface area contributed by atoms with E-state index in [-0.39, 0.29) is 0 Å². The third kappa shape index (κ3) is 3.45. The van der Waals surface area contributed by atoms with Gasteiger partial charge in [0, 0.05) is 29.6 Å². The Hall–Kier alpha value is -1.23. The van der Waals surface area contributed by atoms with Gasteiger partial charge in [0.15, 0.2) is 0 Å². The van der Waals surface area contributed by atoms with Crippen LogP contribution < -0.4 is 11.1 Å². The first-order valence-corrected chi connectivity index (χ1v) is 8.18. The molecule has 3 rings (SSSR count). The molecular weight excluding hydrogens is 266 g/mol. The molecule has 1 aliphatic carbocycles. The predicted molar refractivity (Wildman–Crippen MR) is 84.6 cm³/mol. The summed E-state index contributed by atoms with van der Waals surface area (Å²) in [5.41, 5.74) is 8.21. The van der Waals surface area contributed by atoms with Gasteiger partial charge in [-0.25, -0.2) is 4.98 Å². The molecule has 1 aliphatic rings. The number of nitrogens with two attached hydrogens (primary N) is 1. The number of rotatable bonds is 4. The van der Waals surface area contributed by atoms with E-state index in [1.54, 1.807) is 11.3 Å². The average Bonchev–Trinajstić information content (AvgIpc) is 2.97. The molecule has 1 aromatic carbocycles. The van der Waals surface area contributed by atoms with Crippen molar-refractivity contribution in [1.29, 1.82) is 0 Å². The lowest BCUT2D eigenvalue weighted by Crippen LogP contribution is -2.36. The van der Waals surface area contributed by atoms with Crippen molar-refractivity contribution < 1.29 is 0 Å². The van der Waals surface area contributed by atoms with E-state index in [1.165, 1.54) is 23.4 Å². The van der Waals surface area contributed by atoms with Crippen molar-refractivity contribution in [1.82, 2.24) is 10.3 Å². The van der Waals surface area contributed by atoms with Crippen LogP contribution in [0.3, 0.4) is 0 Å². The molecule has 1 fully saturated rings. The van der Waals surface area contributed by atoms with Crippen LogP contribution in [0.15, 0.2) is 35.7 Å². The summed E-state index contributed by atoms with van der Waals surface area (Å²) in [7, 11) is 0. The molecule has 4 heteroatoms. The summed E-state index contributed by atoms with van der Waals surface area (Å²) in [5.74, 6) is 0. The lowest BCUT2D eigenvalue weighted by molar-refractivity contribution is 0.341. The molecule has 3 nitrogen and oxygen atoms in total. The Bertz CT molecular complexity index is 530. The van der Waals surface area contributed by atoms with E-state index in [0.29, 0.717) is 12.1 Å². The summed E-state index contributed by atoms with van der Waals surface area (Å²) in [6.45, 7) is 0.872. The van der Waals surface area contributed by atoms with Gasteiger partial charge in [-0.2, -0.15) is 0 Å². The molecule has 0 aliphatic heterocycles. The summed E-state index contributed by atoms with van der Waals surface area (Å²) in [6.07, 6.45) is 4.67. The van der Waals surface area contributed by atoms with Gasteiger partial charge in [0.05, 0.1) is 5.69 Å². The molecular formula is C16H21N3S. The van der Waals surface area contributed by atoms with Gasteiger partial charge in [0.2, 0.25) is 0 Å². The van der Waals surface area contributed by atoms with Gasteiger partial charge in [-0.05, 0) is 25.7 Å². The SMILES string of the molecule is NC1CCC(NCc2nc(-c3ccccc3)cs2)CC1. The Balaban J connectivity index is 1.55. The summed E-state index contributed by atoms with van der Waals surface area (Å²) in [5, 5.41) is 6.92. The molecule has 106 valence electrons. The molecule has 1 aromatic heterocycles. The molecule has 1 heterocycles. The number of nitrogens with zero attached hydrogens (tertiary/aromatic N) is 1. The number of hydrogen-bond donors (Lipinski definition) is 2. The minimum absolute atomic E-state index is 0.414. The standard InChI is InChI=1S/C16H21N3S/c17-13-6-8-14(9-7-13)18-10-16-19-15(11-20-16)12-4-2-1-3-5-12/h1-5,11,13-14,18H,6-10,17H2.